The predicted octanol–water partition coefficient (Wildman–Crippen LogP) is 1.77. The third-order valence-electron chi connectivity index (χ3n) is 4.43. The maximum absolute atomic E-state index is 12.6. The number of ether oxygens (including phenoxy) is 2. The summed E-state index contributed by atoms with van der Waals surface area (Å²) in [5.41, 5.74) is 0. The minimum Gasteiger partial charge on any atom is -0.490 e. The van der Waals surface area contributed by atoms with Crippen molar-refractivity contribution < 1.29 is 27.8 Å². The lowest BCUT2D eigenvalue weighted by atomic mass is 9.87. The SMILES string of the molecule is O=C(O)C1CCC(NS(=O)(=O)c2ccc3c(c2)OCCCO3)CC1. The number of sulfonamides is 1. The number of hydrogen-bond acceptors (Lipinski definition) is 5. The number of carbonyl (C=O) groups is 1. The number of carboxylic acid groups (broad SMARTS) is 1. The lowest BCUT2D eigenvalue weighted by Crippen LogP contribution is -2.38. The second-order valence-electron chi connectivity index (χ2n) is 6.17. The fourth-order valence-corrected chi connectivity index (χ4v) is 4.38. The molecule has 0 bridgehead atoms. The van der Waals surface area contributed by atoms with E-state index in [1.807, 2.05) is 0 Å². The van der Waals surface area contributed by atoms with Gasteiger partial charge in [-0.15, -0.1) is 0 Å². The molecular weight excluding hydrogens is 334 g/mol. The number of nitrogens with one attached hydrogen (secondary N) is 1. The number of fused-ring (bicyclic) bond motifs is 1. The molecule has 0 spiro atoms. The van der Waals surface area contributed by atoms with Crippen LogP contribution in [0.5, 0.6) is 11.5 Å². The largest absolute Gasteiger partial charge is 0.490 e. The quantitative estimate of drug-likeness (QED) is 0.853. The standard InChI is InChI=1S/C16H21NO6S/c18-16(19)11-2-4-12(5-3-11)17-24(20,21)13-6-7-14-15(10-13)23-9-1-8-22-14/h6-7,10-12,17H,1-5,8-9H2,(H,18,19). The highest BCUT2D eigenvalue weighted by molar-refractivity contribution is 7.89. The van der Waals surface area contributed by atoms with Crippen molar-refractivity contribution in [2.24, 2.45) is 5.92 Å². The zero-order valence-electron chi connectivity index (χ0n) is 13.2. The van der Waals surface area contributed by atoms with Crippen LogP contribution in [0.4, 0.5) is 0 Å². The van der Waals surface area contributed by atoms with Crippen LogP contribution in [0.3, 0.4) is 0 Å². The average molecular weight is 355 g/mol. The van der Waals surface area contributed by atoms with Crippen LogP contribution in [0.25, 0.3) is 0 Å². The molecule has 7 nitrogen and oxygen atoms in total. The molecule has 24 heavy (non-hydrogen) atoms. The Morgan fingerprint density at radius 2 is 1.75 bits per heavy atom. The molecule has 1 aliphatic carbocycles. The van der Waals surface area contributed by atoms with Crippen LogP contribution in [-0.4, -0.2) is 38.7 Å². The van der Waals surface area contributed by atoms with Gasteiger partial charge in [0.2, 0.25) is 10.0 Å². The minimum atomic E-state index is -3.68. The number of hydrogen-bond donors (Lipinski definition) is 2. The van der Waals surface area contributed by atoms with Crippen LogP contribution >= 0.6 is 0 Å². The van der Waals surface area contributed by atoms with E-state index in [2.05, 4.69) is 4.72 Å². The highest BCUT2D eigenvalue weighted by atomic mass is 32.2. The van der Waals surface area contributed by atoms with Gasteiger partial charge in [-0.25, -0.2) is 13.1 Å². The molecule has 1 saturated carbocycles. The smallest absolute Gasteiger partial charge is 0.306 e. The Morgan fingerprint density at radius 1 is 1.08 bits per heavy atom. The molecular formula is C16H21NO6S. The van der Waals surface area contributed by atoms with Crippen LogP contribution in [0, 0.1) is 5.92 Å². The van der Waals surface area contributed by atoms with E-state index in [-0.39, 0.29) is 16.9 Å². The zero-order chi connectivity index (χ0) is 17.2. The summed E-state index contributed by atoms with van der Waals surface area (Å²) in [6, 6.07) is 4.35. The highest BCUT2D eigenvalue weighted by Crippen LogP contribution is 2.32. The zero-order valence-corrected chi connectivity index (χ0v) is 14.0. The lowest BCUT2D eigenvalue weighted by molar-refractivity contribution is -0.142. The summed E-state index contributed by atoms with van der Waals surface area (Å²) in [6.45, 7) is 1.04. The number of rotatable bonds is 4. The predicted molar refractivity (Wildman–Crippen MR) is 85.8 cm³/mol. The monoisotopic (exact) mass is 355 g/mol. The van der Waals surface area contributed by atoms with Crippen molar-refractivity contribution >= 4 is 16.0 Å². The Balaban J connectivity index is 1.70. The molecule has 0 atom stereocenters. The van der Waals surface area contributed by atoms with Crippen molar-refractivity contribution in [1.29, 1.82) is 0 Å². The van der Waals surface area contributed by atoms with Gasteiger partial charge in [-0.1, -0.05) is 0 Å². The number of carboxylic acids is 1. The van der Waals surface area contributed by atoms with Gasteiger partial charge in [0.1, 0.15) is 0 Å². The lowest BCUT2D eigenvalue weighted by Gasteiger charge is -2.26. The van der Waals surface area contributed by atoms with E-state index in [1.165, 1.54) is 12.1 Å². The normalized spacial score (nSPS) is 24.2. The first-order chi connectivity index (χ1) is 11.5. The van der Waals surface area contributed by atoms with E-state index < -0.39 is 16.0 Å². The van der Waals surface area contributed by atoms with E-state index in [9.17, 15) is 13.2 Å². The van der Waals surface area contributed by atoms with Gasteiger partial charge < -0.3 is 14.6 Å². The van der Waals surface area contributed by atoms with Crippen LogP contribution < -0.4 is 14.2 Å². The molecule has 0 saturated heterocycles. The Labute approximate surface area is 141 Å². The second-order valence-corrected chi connectivity index (χ2v) is 7.88. The maximum atomic E-state index is 12.6. The van der Waals surface area contributed by atoms with E-state index in [4.69, 9.17) is 14.6 Å². The van der Waals surface area contributed by atoms with Crippen molar-refractivity contribution in [2.75, 3.05) is 13.2 Å². The fourth-order valence-electron chi connectivity index (χ4n) is 3.06. The van der Waals surface area contributed by atoms with Gasteiger partial charge in [0.15, 0.2) is 11.5 Å². The number of aliphatic carboxylic acids is 1. The Bertz CT molecular complexity index is 709. The van der Waals surface area contributed by atoms with E-state index >= 15 is 0 Å². The fraction of sp³-hybridized carbons (Fsp3) is 0.562. The van der Waals surface area contributed by atoms with Gasteiger partial charge in [-0.05, 0) is 37.8 Å². The highest BCUT2D eigenvalue weighted by Gasteiger charge is 2.29. The molecule has 1 aliphatic heterocycles. The topological polar surface area (TPSA) is 102 Å². The summed E-state index contributed by atoms with van der Waals surface area (Å²) in [5.74, 6) is -0.193. The summed E-state index contributed by atoms with van der Waals surface area (Å²) in [7, 11) is -3.68. The molecule has 2 N–H and O–H groups in total. The van der Waals surface area contributed by atoms with Gasteiger partial charge in [0, 0.05) is 18.5 Å². The summed E-state index contributed by atoms with van der Waals surface area (Å²) in [6.07, 6.45) is 2.79. The molecule has 2 aliphatic rings. The van der Waals surface area contributed by atoms with Crippen molar-refractivity contribution in [3.05, 3.63) is 18.2 Å². The van der Waals surface area contributed by atoms with Crippen molar-refractivity contribution in [1.82, 2.24) is 4.72 Å². The van der Waals surface area contributed by atoms with Gasteiger partial charge >= 0.3 is 5.97 Å². The second kappa shape index (κ2) is 6.98. The minimum absolute atomic E-state index is 0.132. The van der Waals surface area contributed by atoms with Crippen molar-refractivity contribution in [2.45, 2.75) is 43.0 Å². The maximum Gasteiger partial charge on any atom is 0.306 e. The molecule has 1 fully saturated rings. The summed E-state index contributed by atoms with van der Waals surface area (Å²) < 4.78 is 38.8. The third kappa shape index (κ3) is 3.81. The third-order valence-corrected chi connectivity index (χ3v) is 5.95. The van der Waals surface area contributed by atoms with Crippen molar-refractivity contribution in [3.63, 3.8) is 0 Å². The molecule has 0 amide bonds. The van der Waals surface area contributed by atoms with Gasteiger partial charge in [0.25, 0.3) is 0 Å². The first-order valence-electron chi connectivity index (χ1n) is 8.10. The molecule has 0 aromatic heterocycles. The van der Waals surface area contributed by atoms with Crippen molar-refractivity contribution in [3.8, 4) is 11.5 Å². The Hall–Kier alpha value is -1.80. The Kier molecular flexibility index (Phi) is 4.96. The van der Waals surface area contributed by atoms with E-state index in [0.29, 0.717) is 50.4 Å². The molecule has 1 aromatic carbocycles. The van der Waals surface area contributed by atoms with Gasteiger partial charge in [-0.2, -0.15) is 0 Å². The molecule has 3 rings (SSSR count). The first-order valence-corrected chi connectivity index (χ1v) is 9.59. The molecule has 8 heteroatoms. The van der Waals surface area contributed by atoms with E-state index in [1.54, 1.807) is 6.07 Å². The first kappa shape index (κ1) is 17.0. The summed E-state index contributed by atoms with van der Waals surface area (Å²) >= 11 is 0. The van der Waals surface area contributed by atoms with Gasteiger partial charge in [-0.3, -0.25) is 4.79 Å². The average Bonchev–Trinajstić information content (AvgIpc) is 2.79. The molecule has 1 heterocycles. The summed E-state index contributed by atoms with van der Waals surface area (Å²) in [5, 5.41) is 9.01. The molecule has 0 unspecified atom stereocenters. The molecule has 1 aromatic rings. The Morgan fingerprint density at radius 3 is 2.42 bits per heavy atom. The summed E-state index contributed by atoms with van der Waals surface area (Å²) in [4.78, 5) is 11.1. The van der Waals surface area contributed by atoms with Crippen LogP contribution in [0.2, 0.25) is 0 Å². The van der Waals surface area contributed by atoms with Crippen LogP contribution in [0.1, 0.15) is 32.1 Å². The van der Waals surface area contributed by atoms with Crippen LogP contribution in [0.15, 0.2) is 23.1 Å². The number of benzene rings is 1. The van der Waals surface area contributed by atoms with Gasteiger partial charge in [0.05, 0.1) is 24.0 Å². The van der Waals surface area contributed by atoms with E-state index in [0.717, 1.165) is 6.42 Å². The molecule has 132 valence electrons. The molecule has 0 radical (unpaired) electrons. The van der Waals surface area contributed by atoms with Crippen LogP contribution in [-0.2, 0) is 14.8 Å².